The second-order valence-corrected chi connectivity index (χ2v) is 7.51. The quantitative estimate of drug-likeness (QED) is 0.763. The fraction of sp³-hybridized carbons (Fsp3) is 1.00. The first-order valence-corrected chi connectivity index (χ1v) is 7.97. The Balaban J connectivity index is 1.90. The molecule has 2 nitrogen and oxygen atoms in total. The fourth-order valence-electron chi connectivity index (χ4n) is 3.81. The monoisotopic (exact) mass is 252 g/mol. The average Bonchev–Trinajstić information content (AvgIpc) is 2.50. The van der Waals surface area contributed by atoms with E-state index in [4.69, 9.17) is 5.73 Å². The van der Waals surface area contributed by atoms with E-state index in [1.165, 1.54) is 58.0 Å². The predicted octanol–water partition coefficient (Wildman–Crippen LogP) is 3.40. The van der Waals surface area contributed by atoms with Crippen LogP contribution in [0, 0.1) is 11.3 Å². The van der Waals surface area contributed by atoms with E-state index in [9.17, 15) is 0 Å². The molecule has 1 saturated carbocycles. The average molecular weight is 252 g/mol. The lowest BCUT2D eigenvalue weighted by atomic mass is 9.85. The van der Waals surface area contributed by atoms with E-state index in [0.29, 0.717) is 11.5 Å². The molecule has 2 rings (SSSR count). The van der Waals surface area contributed by atoms with Gasteiger partial charge in [-0.2, -0.15) is 0 Å². The minimum Gasteiger partial charge on any atom is -0.328 e. The molecule has 0 amide bonds. The number of hydrogen-bond donors (Lipinski definition) is 1. The number of hydrogen-bond acceptors (Lipinski definition) is 2. The maximum absolute atomic E-state index is 6.11. The van der Waals surface area contributed by atoms with Gasteiger partial charge in [-0.15, -0.1) is 0 Å². The number of nitrogens with two attached hydrogens (primary N) is 1. The lowest BCUT2D eigenvalue weighted by molar-refractivity contribution is 0.102. The maximum atomic E-state index is 6.11. The van der Waals surface area contributed by atoms with Gasteiger partial charge >= 0.3 is 0 Å². The van der Waals surface area contributed by atoms with Crippen molar-refractivity contribution in [1.29, 1.82) is 0 Å². The van der Waals surface area contributed by atoms with Gasteiger partial charge in [-0.25, -0.2) is 0 Å². The third kappa shape index (κ3) is 3.71. The van der Waals surface area contributed by atoms with Crippen molar-refractivity contribution in [3.8, 4) is 0 Å². The zero-order valence-corrected chi connectivity index (χ0v) is 12.6. The summed E-state index contributed by atoms with van der Waals surface area (Å²) in [5, 5.41) is 0. The number of rotatable bonds is 2. The van der Waals surface area contributed by atoms with Gasteiger partial charge in [0.1, 0.15) is 0 Å². The Morgan fingerprint density at radius 2 is 1.89 bits per heavy atom. The van der Waals surface area contributed by atoms with E-state index in [-0.39, 0.29) is 0 Å². The first-order valence-electron chi connectivity index (χ1n) is 7.97. The standard InChI is InChI=1S/C16H32N2/c1-13(17)14-6-5-11-18(12-14)15-7-4-9-16(2,3)10-8-15/h13-15H,4-12,17H2,1-3H3. The molecule has 2 heteroatoms. The minimum atomic E-state index is 0.370. The summed E-state index contributed by atoms with van der Waals surface area (Å²) in [6.45, 7) is 9.63. The molecule has 2 fully saturated rings. The van der Waals surface area contributed by atoms with Crippen LogP contribution in [0.4, 0.5) is 0 Å². The Bertz CT molecular complexity index is 260. The van der Waals surface area contributed by atoms with E-state index in [0.717, 1.165) is 12.0 Å². The molecule has 1 saturated heterocycles. The topological polar surface area (TPSA) is 29.3 Å². The molecule has 0 aromatic carbocycles. The van der Waals surface area contributed by atoms with Crippen LogP contribution >= 0.6 is 0 Å². The summed E-state index contributed by atoms with van der Waals surface area (Å²) >= 11 is 0. The first kappa shape index (κ1) is 14.3. The van der Waals surface area contributed by atoms with Crippen molar-refractivity contribution in [3.63, 3.8) is 0 Å². The Labute approximate surface area is 113 Å². The van der Waals surface area contributed by atoms with Crippen molar-refractivity contribution in [2.24, 2.45) is 17.1 Å². The summed E-state index contributed by atoms with van der Waals surface area (Å²) in [4.78, 5) is 2.76. The van der Waals surface area contributed by atoms with Gasteiger partial charge in [0.2, 0.25) is 0 Å². The Hall–Kier alpha value is -0.0800. The molecule has 0 radical (unpaired) electrons. The summed E-state index contributed by atoms with van der Waals surface area (Å²) in [5.74, 6) is 0.731. The van der Waals surface area contributed by atoms with Crippen LogP contribution in [-0.4, -0.2) is 30.1 Å². The van der Waals surface area contributed by atoms with E-state index in [1.807, 2.05) is 0 Å². The fourth-order valence-corrected chi connectivity index (χ4v) is 3.81. The highest BCUT2D eigenvalue weighted by Crippen LogP contribution is 2.36. The van der Waals surface area contributed by atoms with Gasteiger partial charge in [-0.1, -0.05) is 20.3 Å². The van der Waals surface area contributed by atoms with Crippen molar-refractivity contribution >= 4 is 0 Å². The van der Waals surface area contributed by atoms with Crippen molar-refractivity contribution in [3.05, 3.63) is 0 Å². The summed E-state index contributed by atoms with van der Waals surface area (Å²) in [7, 11) is 0. The van der Waals surface area contributed by atoms with Crippen LogP contribution in [0.25, 0.3) is 0 Å². The summed E-state index contributed by atoms with van der Waals surface area (Å²) < 4.78 is 0. The Morgan fingerprint density at radius 1 is 1.11 bits per heavy atom. The Morgan fingerprint density at radius 3 is 2.61 bits per heavy atom. The van der Waals surface area contributed by atoms with Crippen LogP contribution in [0.3, 0.4) is 0 Å². The normalized spacial score (nSPS) is 36.0. The second-order valence-electron chi connectivity index (χ2n) is 7.51. The molecular weight excluding hydrogens is 220 g/mol. The molecule has 1 heterocycles. The number of likely N-dealkylation sites (tertiary alicyclic amines) is 1. The lowest BCUT2D eigenvalue weighted by Crippen LogP contribution is -2.46. The summed E-state index contributed by atoms with van der Waals surface area (Å²) in [6.07, 6.45) is 9.73. The van der Waals surface area contributed by atoms with Gasteiger partial charge in [-0.3, -0.25) is 0 Å². The maximum Gasteiger partial charge on any atom is 0.00955 e. The van der Waals surface area contributed by atoms with Gasteiger partial charge in [0.25, 0.3) is 0 Å². The van der Waals surface area contributed by atoms with Crippen LogP contribution in [-0.2, 0) is 0 Å². The van der Waals surface area contributed by atoms with Crippen molar-refractivity contribution in [2.75, 3.05) is 13.1 Å². The molecule has 106 valence electrons. The zero-order valence-electron chi connectivity index (χ0n) is 12.6. The molecule has 3 atom stereocenters. The molecule has 3 unspecified atom stereocenters. The van der Waals surface area contributed by atoms with Crippen molar-refractivity contribution < 1.29 is 0 Å². The Kier molecular flexibility index (Phi) is 4.71. The van der Waals surface area contributed by atoms with Crippen LogP contribution in [0.1, 0.15) is 65.7 Å². The molecular formula is C16H32N2. The third-order valence-corrected chi connectivity index (χ3v) is 5.29. The highest BCUT2D eigenvalue weighted by molar-refractivity contribution is 4.86. The van der Waals surface area contributed by atoms with E-state index >= 15 is 0 Å². The molecule has 0 aromatic rings. The number of piperidine rings is 1. The highest BCUT2D eigenvalue weighted by Gasteiger charge is 2.31. The first-order chi connectivity index (χ1) is 8.48. The largest absolute Gasteiger partial charge is 0.328 e. The van der Waals surface area contributed by atoms with Crippen LogP contribution < -0.4 is 5.73 Å². The van der Waals surface area contributed by atoms with Crippen molar-refractivity contribution in [2.45, 2.75) is 77.8 Å². The second kappa shape index (κ2) is 5.92. The summed E-state index contributed by atoms with van der Waals surface area (Å²) in [6, 6.07) is 1.21. The van der Waals surface area contributed by atoms with E-state index in [2.05, 4.69) is 25.7 Å². The molecule has 0 aromatic heterocycles. The summed E-state index contributed by atoms with van der Waals surface area (Å²) in [5.41, 5.74) is 6.68. The highest BCUT2D eigenvalue weighted by atomic mass is 15.2. The van der Waals surface area contributed by atoms with Gasteiger partial charge < -0.3 is 10.6 Å². The molecule has 0 spiro atoms. The molecule has 2 aliphatic rings. The molecule has 1 aliphatic heterocycles. The number of nitrogens with zero attached hydrogens (tertiary/aromatic N) is 1. The lowest BCUT2D eigenvalue weighted by Gasteiger charge is -2.39. The van der Waals surface area contributed by atoms with Crippen LogP contribution in [0.2, 0.25) is 0 Å². The molecule has 18 heavy (non-hydrogen) atoms. The van der Waals surface area contributed by atoms with E-state index < -0.39 is 0 Å². The predicted molar refractivity (Wildman–Crippen MR) is 78.6 cm³/mol. The molecule has 2 N–H and O–H groups in total. The van der Waals surface area contributed by atoms with Gasteiger partial charge in [0.05, 0.1) is 0 Å². The third-order valence-electron chi connectivity index (χ3n) is 5.29. The van der Waals surface area contributed by atoms with E-state index in [1.54, 1.807) is 0 Å². The van der Waals surface area contributed by atoms with Gasteiger partial charge in [0.15, 0.2) is 0 Å². The zero-order chi connectivity index (χ0) is 13.2. The SMILES string of the molecule is CC(N)C1CCCN(C2CCCC(C)(C)CC2)C1. The minimum absolute atomic E-state index is 0.370. The molecule has 1 aliphatic carbocycles. The smallest absolute Gasteiger partial charge is 0.00955 e. The van der Waals surface area contributed by atoms with Crippen molar-refractivity contribution in [1.82, 2.24) is 4.90 Å². The molecule has 0 bridgehead atoms. The van der Waals surface area contributed by atoms with Gasteiger partial charge in [0, 0.05) is 18.6 Å². The van der Waals surface area contributed by atoms with Gasteiger partial charge in [-0.05, 0) is 63.3 Å². The van der Waals surface area contributed by atoms with Crippen LogP contribution in [0.5, 0.6) is 0 Å². The van der Waals surface area contributed by atoms with Crippen LogP contribution in [0.15, 0.2) is 0 Å².